The lowest BCUT2D eigenvalue weighted by atomic mass is 10.2. The van der Waals surface area contributed by atoms with E-state index in [1.807, 2.05) is 30.4 Å². The maximum Gasteiger partial charge on any atom is 0.0646 e. The van der Waals surface area contributed by atoms with Crippen LogP contribution in [-0.2, 0) is 4.74 Å². The average molecular weight is 148 g/mol. The molecule has 1 nitrogen and oxygen atoms in total. The first-order valence-corrected chi connectivity index (χ1v) is 3.64. The van der Waals surface area contributed by atoms with Crippen molar-refractivity contribution in [2.24, 2.45) is 0 Å². The third-order valence-corrected chi connectivity index (χ3v) is 1.37. The number of ether oxygens (including phenoxy) is 1. The topological polar surface area (TPSA) is 9.23 Å². The highest BCUT2D eigenvalue weighted by Gasteiger charge is 1.80. The second kappa shape index (κ2) is 4.69. The molecule has 0 aliphatic rings. The van der Waals surface area contributed by atoms with Crippen molar-refractivity contribution in [1.82, 2.24) is 0 Å². The molecule has 0 aliphatic heterocycles. The molecule has 0 amide bonds. The van der Waals surface area contributed by atoms with Crippen LogP contribution >= 0.6 is 0 Å². The number of hydrogen-bond acceptors (Lipinski definition) is 1. The first-order chi connectivity index (χ1) is 5.43. The molecule has 0 unspecified atom stereocenters. The van der Waals surface area contributed by atoms with Gasteiger partial charge in [0.25, 0.3) is 0 Å². The minimum atomic E-state index is 0.675. The van der Waals surface area contributed by atoms with Gasteiger partial charge in [0.05, 0.1) is 6.61 Å². The van der Waals surface area contributed by atoms with Crippen LogP contribution in [0.15, 0.2) is 36.4 Å². The van der Waals surface area contributed by atoms with Gasteiger partial charge in [0.15, 0.2) is 0 Å². The largest absolute Gasteiger partial charge is 0.381 e. The summed E-state index contributed by atoms with van der Waals surface area (Å²) in [6, 6.07) is 10.2. The molecular weight excluding hydrogens is 136 g/mol. The fourth-order valence-electron chi connectivity index (χ4n) is 0.845. The highest BCUT2D eigenvalue weighted by molar-refractivity contribution is 5.48. The molecule has 0 spiro atoms. The van der Waals surface area contributed by atoms with Gasteiger partial charge < -0.3 is 4.74 Å². The second-order valence-corrected chi connectivity index (χ2v) is 2.27. The lowest BCUT2D eigenvalue weighted by Gasteiger charge is -1.90. The van der Waals surface area contributed by atoms with Gasteiger partial charge in [-0.3, -0.25) is 0 Å². The predicted molar refractivity (Wildman–Crippen MR) is 47.4 cm³/mol. The molecule has 0 saturated heterocycles. The standard InChI is InChI=1S/C10H12O/c1-11-9-5-8-10-6-3-2-4-7-10/h2-8H,9H2,1H3/b8-5+. The molecule has 1 aromatic rings. The van der Waals surface area contributed by atoms with Crippen LogP contribution in [0.2, 0.25) is 0 Å². The third-order valence-electron chi connectivity index (χ3n) is 1.37. The highest BCUT2D eigenvalue weighted by atomic mass is 16.5. The summed E-state index contributed by atoms with van der Waals surface area (Å²) in [4.78, 5) is 0. The molecule has 0 aromatic heterocycles. The molecule has 0 heterocycles. The van der Waals surface area contributed by atoms with Crippen molar-refractivity contribution in [2.75, 3.05) is 13.7 Å². The lowest BCUT2D eigenvalue weighted by molar-refractivity contribution is 0.234. The van der Waals surface area contributed by atoms with Crippen molar-refractivity contribution in [3.8, 4) is 0 Å². The van der Waals surface area contributed by atoms with Gasteiger partial charge in [0.2, 0.25) is 0 Å². The van der Waals surface area contributed by atoms with Gasteiger partial charge in [-0.2, -0.15) is 0 Å². The molecule has 0 saturated carbocycles. The molecule has 1 rings (SSSR count). The average Bonchev–Trinajstić information content (AvgIpc) is 2.07. The quantitative estimate of drug-likeness (QED) is 0.639. The van der Waals surface area contributed by atoms with Gasteiger partial charge in [-0.15, -0.1) is 0 Å². The van der Waals surface area contributed by atoms with Crippen LogP contribution in [0.5, 0.6) is 0 Å². The minimum Gasteiger partial charge on any atom is -0.381 e. The Bertz CT molecular complexity index is 214. The Morgan fingerprint density at radius 1 is 1.27 bits per heavy atom. The van der Waals surface area contributed by atoms with E-state index in [9.17, 15) is 0 Å². The van der Waals surface area contributed by atoms with E-state index >= 15 is 0 Å². The fraction of sp³-hybridized carbons (Fsp3) is 0.200. The Morgan fingerprint density at radius 2 is 2.00 bits per heavy atom. The van der Waals surface area contributed by atoms with Crippen molar-refractivity contribution >= 4 is 6.08 Å². The van der Waals surface area contributed by atoms with Crippen LogP contribution in [0.25, 0.3) is 6.08 Å². The summed E-state index contributed by atoms with van der Waals surface area (Å²) in [5.74, 6) is 0. The predicted octanol–water partition coefficient (Wildman–Crippen LogP) is 2.35. The van der Waals surface area contributed by atoms with Crippen LogP contribution in [0.3, 0.4) is 0 Å². The number of hydrogen-bond donors (Lipinski definition) is 0. The van der Waals surface area contributed by atoms with Crippen molar-refractivity contribution in [3.05, 3.63) is 42.0 Å². The summed E-state index contributed by atoms with van der Waals surface area (Å²) < 4.78 is 4.88. The molecule has 0 N–H and O–H groups in total. The van der Waals surface area contributed by atoms with E-state index in [1.165, 1.54) is 5.56 Å². The van der Waals surface area contributed by atoms with E-state index in [-0.39, 0.29) is 0 Å². The Morgan fingerprint density at radius 3 is 2.64 bits per heavy atom. The van der Waals surface area contributed by atoms with E-state index in [4.69, 9.17) is 4.74 Å². The molecule has 0 aliphatic carbocycles. The molecule has 58 valence electrons. The third kappa shape index (κ3) is 3.01. The smallest absolute Gasteiger partial charge is 0.0646 e. The van der Waals surface area contributed by atoms with Crippen molar-refractivity contribution < 1.29 is 4.74 Å². The normalized spacial score (nSPS) is 10.6. The first kappa shape index (κ1) is 8.02. The first-order valence-electron chi connectivity index (χ1n) is 3.64. The molecule has 0 radical (unpaired) electrons. The van der Waals surface area contributed by atoms with Gasteiger partial charge in [-0.05, 0) is 5.56 Å². The monoisotopic (exact) mass is 148 g/mol. The van der Waals surface area contributed by atoms with Crippen molar-refractivity contribution in [3.63, 3.8) is 0 Å². The highest BCUT2D eigenvalue weighted by Crippen LogP contribution is 1.99. The Hall–Kier alpha value is -1.08. The van der Waals surface area contributed by atoms with E-state index in [2.05, 4.69) is 12.1 Å². The number of benzene rings is 1. The van der Waals surface area contributed by atoms with Crippen LogP contribution in [-0.4, -0.2) is 13.7 Å². The summed E-state index contributed by atoms with van der Waals surface area (Å²) in [6.45, 7) is 0.675. The van der Waals surface area contributed by atoms with E-state index in [0.717, 1.165) is 0 Å². The summed E-state index contributed by atoms with van der Waals surface area (Å²) in [7, 11) is 1.69. The molecule has 1 aromatic carbocycles. The number of rotatable bonds is 3. The van der Waals surface area contributed by atoms with Gasteiger partial charge in [-0.25, -0.2) is 0 Å². The zero-order chi connectivity index (χ0) is 7.94. The van der Waals surface area contributed by atoms with Gasteiger partial charge in [0.1, 0.15) is 0 Å². The summed E-state index contributed by atoms with van der Waals surface area (Å²) in [5.41, 5.74) is 1.21. The van der Waals surface area contributed by atoms with Crippen molar-refractivity contribution in [2.45, 2.75) is 0 Å². The summed E-state index contributed by atoms with van der Waals surface area (Å²) in [5, 5.41) is 0. The molecule has 1 heteroatoms. The van der Waals surface area contributed by atoms with E-state index < -0.39 is 0 Å². The van der Waals surface area contributed by atoms with Crippen LogP contribution in [0.4, 0.5) is 0 Å². The zero-order valence-electron chi connectivity index (χ0n) is 6.66. The second-order valence-electron chi connectivity index (χ2n) is 2.27. The molecule has 0 fully saturated rings. The Labute approximate surface area is 67.3 Å². The maximum atomic E-state index is 4.88. The maximum absolute atomic E-state index is 4.88. The molecule has 0 atom stereocenters. The molecule has 11 heavy (non-hydrogen) atoms. The van der Waals surface area contributed by atoms with Crippen LogP contribution in [0, 0.1) is 0 Å². The van der Waals surface area contributed by atoms with Crippen LogP contribution < -0.4 is 0 Å². The lowest BCUT2D eigenvalue weighted by Crippen LogP contribution is -1.79. The van der Waals surface area contributed by atoms with Crippen LogP contribution in [0.1, 0.15) is 5.56 Å². The van der Waals surface area contributed by atoms with Gasteiger partial charge in [0, 0.05) is 7.11 Å². The van der Waals surface area contributed by atoms with Gasteiger partial charge >= 0.3 is 0 Å². The fourth-order valence-corrected chi connectivity index (χ4v) is 0.845. The molecular formula is C10H12O. The van der Waals surface area contributed by atoms with E-state index in [0.29, 0.717) is 6.61 Å². The van der Waals surface area contributed by atoms with Gasteiger partial charge in [-0.1, -0.05) is 42.5 Å². The minimum absolute atomic E-state index is 0.675. The van der Waals surface area contributed by atoms with Crippen molar-refractivity contribution in [1.29, 1.82) is 0 Å². The van der Waals surface area contributed by atoms with E-state index in [1.54, 1.807) is 7.11 Å². The summed E-state index contributed by atoms with van der Waals surface area (Å²) >= 11 is 0. The Balaban J connectivity index is 2.50. The number of methoxy groups -OCH3 is 1. The molecule has 0 bridgehead atoms. The summed E-state index contributed by atoms with van der Waals surface area (Å²) in [6.07, 6.45) is 4.04. The SMILES string of the molecule is COC/C=C/c1ccccc1. The zero-order valence-corrected chi connectivity index (χ0v) is 6.66. The Kier molecular flexibility index (Phi) is 3.42.